The molecular formula is C12H25NO2S. The zero-order valence-electron chi connectivity index (χ0n) is 10.5. The van der Waals surface area contributed by atoms with Crippen LogP contribution in [0.2, 0.25) is 0 Å². The highest BCUT2D eigenvalue weighted by Gasteiger charge is 2.33. The smallest absolute Gasteiger partial charge is 0.153 e. The Morgan fingerprint density at radius 2 is 1.94 bits per heavy atom. The first-order chi connectivity index (χ1) is 7.47. The summed E-state index contributed by atoms with van der Waals surface area (Å²) in [6.07, 6.45) is 5.78. The summed E-state index contributed by atoms with van der Waals surface area (Å²) in [4.78, 5) is 0. The summed E-state index contributed by atoms with van der Waals surface area (Å²) in [5, 5.41) is -0.0926. The van der Waals surface area contributed by atoms with E-state index in [2.05, 4.69) is 6.92 Å². The van der Waals surface area contributed by atoms with E-state index in [9.17, 15) is 8.42 Å². The molecule has 1 rings (SSSR count). The second-order valence-electron chi connectivity index (χ2n) is 5.12. The highest BCUT2D eigenvalue weighted by molar-refractivity contribution is 7.92. The molecule has 0 amide bonds. The van der Waals surface area contributed by atoms with Gasteiger partial charge in [-0.2, -0.15) is 0 Å². The molecule has 0 aromatic heterocycles. The lowest BCUT2D eigenvalue weighted by molar-refractivity contribution is 0.347. The third-order valence-corrected chi connectivity index (χ3v) is 6.03. The second kappa shape index (κ2) is 6.01. The van der Waals surface area contributed by atoms with Crippen molar-refractivity contribution in [3.05, 3.63) is 0 Å². The standard InChI is InChI=1S/C12H25NO2S/c1-3-11-6-4-5-7-12(11)16(14,15)9-8-10(2)13/h10-12H,3-9,13H2,1-2H3. The van der Waals surface area contributed by atoms with Crippen molar-refractivity contribution in [3.8, 4) is 0 Å². The van der Waals surface area contributed by atoms with Gasteiger partial charge in [0.25, 0.3) is 0 Å². The van der Waals surface area contributed by atoms with Crippen molar-refractivity contribution in [2.24, 2.45) is 11.7 Å². The van der Waals surface area contributed by atoms with Gasteiger partial charge in [0.15, 0.2) is 9.84 Å². The number of sulfone groups is 1. The SMILES string of the molecule is CCC1CCCCC1S(=O)(=O)CCC(C)N. The van der Waals surface area contributed by atoms with Gasteiger partial charge in [0.05, 0.1) is 11.0 Å². The Hall–Kier alpha value is -0.0900. The van der Waals surface area contributed by atoms with E-state index < -0.39 is 9.84 Å². The van der Waals surface area contributed by atoms with Gasteiger partial charge in [0.2, 0.25) is 0 Å². The van der Waals surface area contributed by atoms with Crippen LogP contribution in [0.15, 0.2) is 0 Å². The molecule has 1 aliphatic rings. The van der Waals surface area contributed by atoms with Gasteiger partial charge in [-0.05, 0) is 32.1 Å². The molecule has 1 fully saturated rings. The van der Waals surface area contributed by atoms with Crippen molar-refractivity contribution < 1.29 is 8.42 Å². The largest absolute Gasteiger partial charge is 0.328 e. The maximum Gasteiger partial charge on any atom is 0.153 e. The van der Waals surface area contributed by atoms with Crippen LogP contribution in [0.25, 0.3) is 0 Å². The first-order valence-corrected chi connectivity index (χ1v) is 8.16. The van der Waals surface area contributed by atoms with Crippen LogP contribution in [-0.4, -0.2) is 25.5 Å². The Labute approximate surface area is 99.7 Å². The lowest BCUT2D eigenvalue weighted by Crippen LogP contribution is -2.35. The summed E-state index contributed by atoms with van der Waals surface area (Å²) in [7, 11) is -2.92. The molecule has 1 saturated carbocycles. The maximum atomic E-state index is 12.2. The van der Waals surface area contributed by atoms with Crippen LogP contribution in [0.4, 0.5) is 0 Å². The minimum atomic E-state index is -2.92. The van der Waals surface area contributed by atoms with E-state index >= 15 is 0 Å². The van der Waals surface area contributed by atoms with Crippen molar-refractivity contribution in [2.45, 2.75) is 63.7 Å². The van der Waals surface area contributed by atoms with Crippen molar-refractivity contribution in [1.82, 2.24) is 0 Å². The molecule has 1 aliphatic carbocycles. The minimum Gasteiger partial charge on any atom is -0.328 e. The van der Waals surface area contributed by atoms with Crippen LogP contribution in [-0.2, 0) is 9.84 Å². The molecule has 3 atom stereocenters. The highest BCUT2D eigenvalue weighted by atomic mass is 32.2. The average Bonchev–Trinajstić information content (AvgIpc) is 2.26. The van der Waals surface area contributed by atoms with Gasteiger partial charge < -0.3 is 5.73 Å². The van der Waals surface area contributed by atoms with E-state index in [1.165, 1.54) is 6.42 Å². The van der Waals surface area contributed by atoms with Gasteiger partial charge in [0, 0.05) is 6.04 Å². The predicted molar refractivity (Wildman–Crippen MR) is 68.1 cm³/mol. The topological polar surface area (TPSA) is 60.2 Å². The van der Waals surface area contributed by atoms with E-state index in [1.807, 2.05) is 6.92 Å². The fourth-order valence-corrected chi connectivity index (χ4v) is 5.06. The normalized spacial score (nSPS) is 28.9. The quantitative estimate of drug-likeness (QED) is 0.809. The van der Waals surface area contributed by atoms with Crippen molar-refractivity contribution >= 4 is 9.84 Å². The van der Waals surface area contributed by atoms with Gasteiger partial charge in [0.1, 0.15) is 0 Å². The lowest BCUT2D eigenvalue weighted by Gasteiger charge is -2.30. The fourth-order valence-electron chi connectivity index (χ4n) is 2.61. The van der Waals surface area contributed by atoms with E-state index in [-0.39, 0.29) is 17.0 Å². The van der Waals surface area contributed by atoms with E-state index in [0.29, 0.717) is 12.3 Å². The highest BCUT2D eigenvalue weighted by Crippen LogP contribution is 2.32. The van der Waals surface area contributed by atoms with E-state index in [0.717, 1.165) is 25.7 Å². The molecule has 2 N–H and O–H groups in total. The van der Waals surface area contributed by atoms with Gasteiger partial charge in [-0.15, -0.1) is 0 Å². The lowest BCUT2D eigenvalue weighted by atomic mass is 9.87. The Kier molecular flexibility index (Phi) is 5.25. The first-order valence-electron chi connectivity index (χ1n) is 6.44. The summed E-state index contributed by atoms with van der Waals surface area (Å²) >= 11 is 0. The van der Waals surface area contributed by atoms with Gasteiger partial charge >= 0.3 is 0 Å². The molecule has 0 aliphatic heterocycles. The van der Waals surface area contributed by atoms with Gasteiger partial charge in [-0.25, -0.2) is 8.42 Å². The summed E-state index contributed by atoms with van der Waals surface area (Å²) < 4.78 is 24.4. The molecule has 0 spiro atoms. The Bertz CT molecular complexity index is 298. The zero-order chi connectivity index (χ0) is 12.2. The molecule has 0 bridgehead atoms. The second-order valence-corrected chi connectivity index (χ2v) is 7.46. The van der Waals surface area contributed by atoms with Crippen LogP contribution in [0.1, 0.15) is 52.4 Å². The maximum absolute atomic E-state index is 12.2. The fraction of sp³-hybridized carbons (Fsp3) is 1.00. The summed E-state index contributed by atoms with van der Waals surface area (Å²) in [5.41, 5.74) is 5.63. The van der Waals surface area contributed by atoms with Crippen LogP contribution in [0, 0.1) is 5.92 Å². The third kappa shape index (κ3) is 3.74. The molecule has 3 unspecified atom stereocenters. The monoisotopic (exact) mass is 247 g/mol. The molecule has 0 aromatic rings. The van der Waals surface area contributed by atoms with Crippen molar-refractivity contribution in [3.63, 3.8) is 0 Å². The van der Waals surface area contributed by atoms with Crippen molar-refractivity contribution in [2.75, 3.05) is 5.75 Å². The zero-order valence-corrected chi connectivity index (χ0v) is 11.3. The summed E-state index contributed by atoms with van der Waals surface area (Å²) in [6.45, 7) is 3.97. The summed E-state index contributed by atoms with van der Waals surface area (Å²) in [6, 6.07) is -0.0153. The average molecular weight is 247 g/mol. The molecule has 3 nitrogen and oxygen atoms in total. The Balaban J connectivity index is 2.64. The van der Waals surface area contributed by atoms with Crippen LogP contribution in [0.3, 0.4) is 0 Å². The van der Waals surface area contributed by atoms with Crippen LogP contribution < -0.4 is 5.73 Å². The van der Waals surface area contributed by atoms with Crippen molar-refractivity contribution in [1.29, 1.82) is 0 Å². The summed E-state index contributed by atoms with van der Waals surface area (Å²) in [5.74, 6) is 0.651. The van der Waals surface area contributed by atoms with Gasteiger partial charge in [-0.1, -0.05) is 26.2 Å². The Morgan fingerprint density at radius 1 is 1.31 bits per heavy atom. The number of rotatable bonds is 5. The van der Waals surface area contributed by atoms with E-state index in [4.69, 9.17) is 5.73 Å². The molecule has 4 heteroatoms. The van der Waals surface area contributed by atoms with Crippen LogP contribution in [0.5, 0.6) is 0 Å². The molecule has 0 radical (unpaired) electrons. The molecule has 0 aromatic carbocycles. The minimum absolute atomic E-state index is 0.0153. The molecular weight excluding hydrogens is 222 g/mol. The van der Waals surface area contributed by atoms with Crippen LogP contribution >= 0.6 is 0 Å². The number of hydrogen-bond donors (Lipinski definition) is 1. The predicted octanol–water partition coefficient (Wildman–Crippen LogP) is 2.11. The number of nitrogens with two attached hydrogens (primary N) is 1. The first kappa shape index (κ1) is 14.0. The van der Waals surface area contributed by atoms with Gasteiger partial charge in [-0.3, -0.25) is 0 Å². The molecule has 0 saturated heterocycles. The molecule has 16 heavy (non-hydrogen) atoms. The van der Waals surface area contributed by atoms with E-state index in [1.54, 1.807) is 0 Å². The molecule has 0 heterocycles. The molecule has 96 valence electrons. The third-order valence-electron chi connectivity index (χ3n) is 3.68. The Morgan fingerprint density at radius 3 is 2.50 bits per heavy atom. The number of hydrogen-bond acceptors (Lipinski definition) is 3.